The summed E-state index contributed by atoms with van der Waals surface area (Å²) in [5.74, 6) is -0.711. The molecule has 2 amide bonds. The number of carbonyl (C=O) groups is 2. The molecule has 0 spiro atoms. The average Bonchev–Trinajstić information content (AvgIpc) is 3.01. The first-order valence-corrected chi connectivity index (χ1v) is 9.10. The van der Waals surface area contributed by atoms with Crippen LogP contribution >= 0.6 is 34.5 Å². The SMILES string of the molecule is Cc1ncc(NC(=O)c2cc(NC(=O)c3cccc(Cl)c3)ccc2Cl)s1. The van der Waals surface area contributed by atoms with E-state index in [0.717, 1.165) is 5.01 Å². The van der Waals surface area contributed by atoms with Gasteiger partial charge in [0, 0.05) is 16.3 Å². The maximum atomic E-state index is 12.5. The van der Waals surface area contributed by atoms with Gasteiger partial charge in [-0.05, 0) is 43.3 Å². The normalized spacial score (nSPS) is 10.4. The molecule has 0 fully saturated rings. The lowest BCUT2D eigenvalue weighted by Crippen LogP contribution is -2.14. The van der Waals surface area contributed by atoms with Crippen molar-refractivity contribution in [2.45, 2.75) is 6.92 Å². The van der Waals surface area contributed by atoms with Crippen molar-refractivity contribution in [3.63, 3.8) is 0 Å². The van der Waals surface area contributed by atoms with E-state index in [4.69, 9.17) is 23.2 Å². The van der Waals surface area contributed by atoms with Crippen molar-refractivity contribution in [3.05, 3.63) is 74.8 Å². The molecule has 5 nitrogen and oxygen atoms in total. The van der Waals surface area contributed by atoms with Crippen molar-refractivity contribution in [1.82, 2.24) is 4.98 Å². The second kappa shape index (κ2) is 7.86. The summed E-state index contributed by atoms with van der Waals surface area (Å²) in [5, 5.41) is 7.68. The number of halogens is 2. The van der Waals surface area contributed by atoms with E-state index in [0.29, 0.717) is 21.3 Å². The summed E-state index contributed by atoms with van der Waals surface area (Å²) in [5.41, 5.74) is 1.12. The van der Waals surface area contributed by atoms with Gasteiger partial charge in [-0.3, -0.25) is 9.59 Å². The third-order valence-corrected chi connectivity index (χ3v) is 4.81. The Labute approximate surface area is 164 Å². The van der Waals surface area contributed by atoms with Crippen LogP contribution in [-0.2, 0) is 0 Å². The molecule has 0 radical (unpaired) electrons. The van der Waals surface area contributed by atoms with Gasteiger partial charge in [-0.2, -0.15) is 0 Å². The van der Waals surface area contributed by atoms with Gasteiger partial charge in [0.05, 0.1) is 21.8 Å². The molecular formula is C18H13Cl2N3O2S. The van der Waals surface area contributed by atoms with Crippen molar-refractivity contribution in [3.8, 4) is 0 Å². The predicted octanol–water partition coefficient (Wildman–Crippen LogP) is 5.26. The van der Waals surface area contributed by atoms with E-state index in [9.17, 15) is 9.59 Å². The minimum absolute atomic E-state index is 0.251. The molecule has 8 heteroatoms. The first kappa shape index (κ1) is 18.4. The zero-order valence-corrected chi connectivity index (χ0v) is 15.9. The maximum absolute atomic E-state index is 12.5. The lowest BCUT2D eigenvalue weighted by molar-refractivity contribution is 0.101. The second-order valence-corrected chi connectivity index (χ2v) is 7.44. The third-order valence-electron chi connectivity index (χ3n) is 3.41. The quantitative estimate of drug-likeness (QED) is 0.621. The van der Waals surface area contributed by atoms with Gasteiger partial charge in [0.15, 0.2) is 0 Å². The molecule has 0 saturated heterocycles. The number of nitrogens with one attached hydrogen (secondary N) is 2. The van der Waals surface area contributed by atoms with Crippen LogP contribution in [-0.4, -0.2) is 16.8 Å². The van der Waals surface area contributed by atoms with Crippen molar-refractivity contribution >= 4 is 57.0 Å². The molecule has 0 unspecified atom stereocenters. The first-order chi connectivity index (χ1) is 12.4. The van der Waals surface area contributed by atoms with Gasteiger partial charge >= 0.3 is 0 Å². The van der Waals surface area contributed by atoms with E-state index in [2.05, 4.69) is 15.6 Å². The van der Waals surface area contributed by atoms with Gasteiger partial charge < -0.3 is 10.6 Å². The zero-order chi connectivity index (χ0) is 18.7. The second-order valence-electron chi connectivity index (χ2n) is 5.36. The molecular weight excluding hydrogens is 393 g/mol. The number of aryl methyl sites for hydroxylation is 1. The number of anilines is 2. The molecule has 1 aromatic heterocycles. The molecule has 3 aromatic rings. The Bertz CT molecular complexity index is 988. The van der Waals surface area contributed by atoms with Crippen LogP contribution in [0.5, 0.6) is 0 Å². The minimum atomic E-state index is -0.377. The zero-order valence-electron chi connectivity index (χ0n) is 13.5. The highest BCUT2D eigenvalue weighted by Gasteiger charge is 2.14. The standard InChI is InChI=1S/C18H13Cl2N3O2S/c1-10-21-9-16(26-10)23-18(25)14-8-13(5-6-15(14)20)22-17(24)11-3-2-4-12(19)7-11/h2-9H,1H3,(H,22,24)(H,23,25). The average molecular weight is 406 g/mol. The van der Waals surface area contributed by atoms with E-state index < -0.39 is 0 Å². The van der Waals surface area contributed by atoms with Gasteiger partial charge in [-0.1, -0.05) is 29.3 Å². The van der Waals surface area contributed by atoms with Crippen molar-refractivity contribution in [2.24, 2.45) is 0 Å². The minimum Gasteiger partial charge on any atom is -0.322 e. The first-order valence-electron chi connectivity index (χ1n) is 7.52. The fraction of sp³-hybridized carbons (Fsp3) is 0.0556. The number of amides is 2. The molecule has 26 heavy (non-hydrogen) atoms. The van der Waals surface area contributed by atoms with E-state index in [-0.39, 0.29) is 22.4 Å². The smallest absolute Gasteiger partial charge is 0.257 e. The number of thiazole rings is 1. The number of hydrogen-bond donors (Lipinski definition) is 2. The largest absolute Gasteiger partial charge is 0.322 e. The van der Waals surface area contributed by atoms with Crippen LogP contribution in [0.2, 0.25) is 10.0 Å². The Morgan fingerprint density at radius 1 is 1.04 bits per heavy atom. The Hall–Kier alpha value is -2.41. The lowest BCUT2D eigenvalue weighted by atomic mass is 10.1. The van der Waals surface area contributed by atoms with Gasteiger partial charge in [0.25, 0.3) is 11.8 Å². The Kier molecular flexibility index (Phi) is 5.56. The van der Waals surface area contributed by atoms with Crippen LogP contribution in [0, 0.1) is 6.92 Å². The molecule has 3 rings (SSSR count). The van der Waals surface area contributed by atoms with Crippen molar-refractivity contribution < 1.29 is 9.59 Å². The summed E-state index contributed by atoms with van der Waals surface area (Å²) in [6, 6.07) is 11.3. The van der Waals surface area contributed by atoms with E-state index in [1.807, 2.05) is 6.92 Å². The number of rotatable bonds is 4. The van der Waals surface area contributed by atoms with Gasteiger partial charge in [-0.15, -0.1) is 11.3 Å². The van der Waals surface area contributed by atoms with Crippen LogP contribution < -0.4 is 10.6 Å². The summed E-state index contributed by atoms with van der Waals surface area (Å²) < 4.78 is 0. The van der Waals surface area contributed by atoms with Crippen LogP contribution in [0.25, 0.3) is 0 Å². The van der Waals surface area contributed by atoms with Gasteiger partial charge in [0.2, 0.25) is 0 Å². The van der Waals surface area contributed by atoms with E-state index in [1.165, 1.54) is 17.4 Å². The summed E-state index contributed by atoms with van der Waals surface area (Å²) >= 11 is 13.4. The Balaban J connectivity index is 1.78. The molecule has 0 bridgehead atoms. The molecule has 0 aliphatic carbocycles. The van der Waals surface area contributed by atoms with Crippen LogP contribution in [0.4, 0.5) is 10.7 Å². The highest BCUT2D eigenvalue weighted by molar-refractivity contribution is 7.15. The molecule has 2 aromatic carbocycles. The van der Waals surface area contributed by atoms with Crippen molar-refractivity contribution in [2.75, 3.05) is 10.6 Å². The number of aromatic nitrogens is 1. The van der Waals surface area contributed by atoms with Crippen LogP contribution in [0.3, 0.4) is 0 Å². The summed E-state index contributed by atoms with van der Waals surface area (Å²) in [6.07, 6.45) is 1.58. The van der Waals surface area contributed by atoms with Crippen LogP contribution in [0.1, 0.15) is 25.7 Å². The predicted molar refractivity (Wildman–Crippen MR) is 106 cm³/mol. The Morgan fingerprint density at radius 3 is 2.54 bits per heavy atom. The third kappa shape index (κ3) is 4.40. The molecule has 0 aliphatic rings. The lowest BCUT2D eigenvalue weighted by Gasteiger charge is -2.09. The van der Waals surface area contributed by atoms with Gasteiger partial charge in [-0.25, -0.2) is 4.98 Å². The molecule has 132 valence electrons. The maximum Gasteiger partial charge on any atom is 0.257 e. The van der Waals surface area contributed by atoms with E-state index in [1.54, 1.807) is 42.6 Å². The summed E-state index contributed by atoms with van der Waals surface area (Å²) in [7, 11) is 0. The fourth-order valence-corrected chi connectivity index (χ4v) is 3.27. The topological polar surface area (TPSA) is 71.1 Å². The summed E-state index contributed by atoms with van der Waals surface area (Å²) in [6.45, 7) is 1.85. The Morgan fingerprint density at radius 2 is 1.85 bits per heavy atom. The summed E-state index contributed by atoms with van der Waals surface area (Å²) in [4.78, 5) is 28.9. The molecule has 0 atom stereocenters. The van der Waals surface area contributed by atoms with Crippen molar-refractivity contribution in [1.29, 1.82) is 0 Å². The molecule has 0 saturated carbocycles. The number of nitrogens with zero attached hydrogens (tertiary/aromatic N) is 1. The fourth-order valence-electron chi connectivity index (χ4n) is 2.21. The number of benzene rings is 2. The highest BCUT2D eigenvalue weighted by atomic mass is 35.5. The number of carbonyl (C=O) groups excluding carboxylic acids is 2. The van der Waals surface area contributed by atoms with E-state index >= 15 is 0 Å². The van der Waals surface area contributed by atoms with Crippen LogP contribution in [0.15, 0.2) is 48.7 Å². The number of hydrogen-bond acceptors (Lipinski definition) is 4. The monoisotopic (exact) mass is 405 g/mol. The highest BCUT2D eigenvalue weighted by Crippen LogP contribution is 2.24. The molecule has 1 heterocycles. The van der Waals surface area contributed by atoms with Gasteiger partial charge in [0.1, 0.15) is 5.00 Å². The molecule has 0 aliphatic heterocycles. The molecule has 2 N–H and O–H groups in total.